The van der Waals surface area contributed by atoms with Gasteiger partial charge in [0.2, 0.25) is 5.88 Å². The first-order valence-corrected chi connectivity index (χ1v) is 9.10. The van der Waals surface area contributed by atoms with E-state index in [0.29, 0.717) is 37.1 Å². The minimum atomic E-state index is -0.264. The minimum Gasteiger partial charge on any atom is -0.470 e. The van der Waals surface area contributed by atoms with E-state index in [2.05, 4.69) is 15.2 Å². The molecule has 8 nitrogen and oxygen atoms in total. The lowest BCUT2D eigenvalue weighted by molar-refractivity contribution is 0.0634. The topological polar surface area (TPSA) is 86.3 Å². The van der Waals surface area contributed by atoms with E-state index in [-0.39, 0.29) is 12.0 Å². The number of nitrogens with zero attached hydrogens (tertiary/aromatic N) is 5. The molecular weight excluding hydrogens is 346 g/mol. The molecule has 0 aromatic carbocycles. The van der Waals surface area contributed by atoms with Crippen molar-refractivity contribution in [3.05, 3.63) is 59.9 Å². The predicted octanol–water partition coefficient (Wildman–Crippen LogP) is 2.25. The van der Waals surface area contributed by atoms with Gasteiger partial charge in [-0.25, -0.2) is 4.98 Å². The van der Waals surface area contributed by atoms with Gasteiger partial charge < -0.3 is 14.2 Å². The van der Waals surface area contributed by atoms with E-state index < -0.39 is 0 Å². The van der Waals surface area contributed by atoms with E-state index >= 15 is 0 Å². The molecule has 0 bridgehead atoms. The summed E-state index contributed by atoms with van der Waals surface area (Å²) in [4.78, 5) is 19.0. The molecule has 1 amide bonds. The van der Waals surface area contributed by atoms with Crippen molar-refractivity contribution in [1.82, 2.24) is 24.8 Å². The Morgan fingerprint density at radius 1 is 1.19 bits per heavy atom. The average Bonchev–Trinajstić information content (AvgIpc) is 3.31. The van der Waals surface area contributed by atoms with Crippen LogP contribution in [0.1, 0.15) is 40.7 Å². The summed E-state index contributed by atoms with van der Waals surface area (Å²) in [7, 11) is 0. The lowest BCUT2D eigenvalue weighted by atomic mass is 10.2. The molecule has 5 rings (SSSR count). The first-order chi connectivity index (χ1) is 13.3. The van der Waals surface area contributed by atoms with Gasteiger partial charge >= 0.3 is 0 Å². The molecule has 3 aromatic rings. The van der Waals surface area contributed by atoms with Crippen LogP contribution in [0, 0.1) is 0 Å². The summed E-state index contributed by atoms with van der Waals surface area (Å²) in [5.74, 6) is 1.60. The fourth-order valence-electron chi connectivity index (χ4n) is 3.34. The summed E-state index contributed by atoms with van der Waals surface area (Å²) in [6.45, 7) is 1.42. The number of hydrogen-bond acceptors (Lipinski definition) is 6. The van der Waals surface area contributed by atoms with E-state index in [1.807, 2.05) is 22.9 Å². The van der Waals surface area contributed by atoms with Gasteiger partial charge in [-0.15, -0.1) is 0 Å². The number of aromatic nitrogens is 4. The average molecular weight is 365 g/mol. The van der Waals surface area contributed by atoms with Crippen molar-refractivity contribution in [1.29, 1.82) is 0 Å². The monoisotopic (exact) mass is 365 g/mol. The summed E-state index contributed by atoms with van der Waals surface area (Å²) in [5, 5.41) is 8.35. The fourth-order valence-corrected chi connectivity index (χ4v) is 3.34. The third-order valence-electron chi connectivity index (χ3n) is 4.90. The van der Waals surface area contributed by atoms with Gasteiger partial charge in [0.1, 0.15) is 11.9 Å². The number of rotatable bonds is 4. The first kappa shape index (κ1) is 16.0. The van der Waals surface area contributed by atoms with Crippen LogP contribution in [0.3, 0.4) is 0 Å². The predicted molar refractivity (Wildman–Crippen MR) is 94.1 cm³/mol. The van der Waals surface area contributed by atoms with Crippen molar-refractivity contribution in [2.75, 3.05) is 6.54 Å². The zero-order valence-corrected chi connectivity index (χ0v) is 14.7. The lowest BCUT2D eigenvalue weighted by Gasteiger charge is -2.23. The highest BCUT2D eigenvalue weighted by atomic mass is 16.5. The minimum absolute atomic E-state index is 0.157. The molecule has 1 fully saturated rings. The molecule has 1 aliphatic heterocycles. The highest BCUT2D eigenvalue weighted by Gasteiger charge is 2.32. The quantitative estimate of drug-likeness (QED) is 0.705. The second-order valence-corrected chi connectivity index (χ2v) is 6.99. The normalized spacial score (nSPS) is 19.4. The Morgan fingerprint density at radius 3 is 2.93 bits per heavy atom. The Morgan fingerprint density at radius 2 is 2.11 bits per heavy atom. The maximum Gasteiger partial charge on any atom is 0.276 e. The Hall–Kier alpha value is -3.16. The van der Waals surface area contributed by atoms with Gasteiger partial charge in [0.25, 0.3) is 5.91 Å². The number of hydrogen-bond donors (Lipinski definition) is 0. The molecule has 3 aromatic heterocycles. The van der Waals surface area contributed by atoms with Crippen LogP contribution in [0.5, 0.6) is 5.88 Å². The third kappa shape index (κ3) is 3.30. The second-order valence-electron chi connectivity index (χ2n) is 6.99. The van der Waals surface area contributed by atoms with Crippen molar-refractivity contribution in [3.8, 4) is 5.88 Å². The summed E-state index contributed by atoms with van der Waals surface area (Å²) in [6, 6.07) is 9.21. The molecule has 1 atom stereocenters. The zero-order chi connectivity index (χ0) is 18.2. The van der Waals surface area contributed by atoms with Gasteiger partial charge in [0.05, 0.1) is 25.3 Å². The van der Waals surface area contributed by atoms with Crippen LogP contribution >= 0.6 is 0 Å². The van der Waals surface area contributed by atoms with Crippen LogP contribution in [0.15, 0.2) is 47.2 Å². The highest BCUT2D eigenvalue weighted by molar-refractivity contribution is 5.92. The van der Waals surface area contributed by atoms with Crippen LogP contribution < -0.4 is 4.74 Å². The molecule has 138 valence electrons. The van der Waals surface area contributed by atoms with Crippen molar-refractivity contribution < 1.29 is 14.1 Å². The Balaban J connectivity index is 1.39. The lowest BCUT2D eigenvalue weighted by Crippen LogP contribution is -2.39. The van der Waals surface area contributed by atoms with E-state index in [0.717, 1.165) is 24.3 Å². The molecule has 0 saturated heterocycles. The molecule has 8 heteroatoms. The molecule has 1 aliphatic carbocycles. The molecule has 4 heterocycles. The number of amides is 1. The van der Waals surface area contributed by atoms with Crippen LogP contribution in [0.2, 0.25) is 0 Å². The number of pyridine rings is 1. The number of carbonyl (C=O) groups excluding carboxylic acids is 1. The van der Waals surface area contributed by atoms with Crippen molar-refractivity contribution in [3.63, 3.8) is 0 Å². The summed E-state index contributed by atoms with van der Waals surface area (Å²) in [6.07, 6.45) is 5.36. The largest absolute Gasteiger partial charge is 0.470 e. The SMILES string of the molecule is O=C(c1cc(C2CC2)on1)N1Cc2ccnn2CC(Oc2ccccn2)C1. The van der Waals surface area contributed by atoms with Crippen LogP contribution in [0.25, 0.3) is 0 Å². The fraction of sp³-hybridized carbons (Fsp3) is 0.368. The summed E-state index contributed by atoms with van der Waals surface area (Å²) < 4.78 is 13.2. The Kier molecular flexibility index (Phi) is 3.88. The smallest absolute Gasteiger partial charge is 0.276 e. The van der Waals surface area contributed by atoms with Crippen LogP contribution in [-0.2, 0) is 13.1 Å². The summed E-state index contributed by atoms with van der Waals surface area (Å²) in [5.41, 5.74) is 1.31. The highest BCUT2D eigenvalue weighted by Crippen LogP contribution is 2.40. The molecule has 0 spiro atoms. The van der Waals surface area contributed by atoms with Gasteiger partial charge in [-0.2, -0.15) is 5.10 Å². The summed E-state index contributed by atoms with van der Waals surface area (Å²) >= 11 is 0. The molecule has 2 aliphatic rings. The van der Waals surface area contributed by atoms with Gasteiger partial charge in [-0.05, 0) is 25.0 Å². The van der Waals surface area contributed by atoms with Crippen molar-refractivity contribution in [2.24, 2.45) is 0 Å². The molecular formula is C19H19N5O3. The van der Waals surface area contributed by atoms with E-state index in [9.17, 15) is 4.79 Å². The van der Waals surface area contributed by atoms with Crippen LogP contribution in [0.4, 0.5) is 0 Å². The number of carbonyl (C=O) groups is 1. The van der Waals surface area contributed by atoms with Crippen LogP contribution in [-0.4, -0.2) is 43.4 Å². The van der Waals surface area contributed by atoms with E-state index in [4.69, 9.17) is 9.26 Å². The van der Waals surface area contributed by atoms with Crippen molar-refractivity contribution >= 4 is 5.91 Å². The zero-order valence-electron chi connectivity index (χ0n) is 14.7. The van der Waals surface area contributed by atoms with Crippen molar-refractivity contribution in [2.45, 2.75) is 38.0 Å². The third-order valence-corrected chi connectivity index (χ3v) is 4.90. The Labute approximate surface area is 155 Å². The second kappa shape index (κ2) is 6.53. The standard InChI is InChI=1S/C19H19N5O3/c25-19(16-9-17(27-22-16)13-4-5-13)23-10-14-6-8-21-24(14)12-15(11-23)26-18-3-1-2-7-20-18/h1-3,6-9,13,15H,4-5,10-12H2. The Bertz CT molecular complexity index is 947. The first-order valence-electron chi connectivity index (χ1n) is 9.10. The molecule has 27 heavy (non-hydrogen) atoms. The molecule has 1 saturated carbocycles. The van der Waals surface area contributed by atoms with Gasteiger partial charge in [0, 0.05) is 30.4 Å². The molecule has 0 N–H and O–H groups in total. The number of fused-ring (bicyclic) bond motifs is 1. The van der Waals surface area contributed by atoms with E-state index in [1.54, 1.807) is 29.4 Å². The maximum atomic E-state index is 13.0. The molecule has 1 unspecified atom stereocenters. The van der Waals surface area contributed by atoms with E-state index in [1.165, 1.54) is 0 Å². The van der Waals surface area contributed by atoms with Gasteiger partial charge in [0.15, 0.2) is 5.69 Å². The maximum absolute atomic E-state index is 13.0. The van der Waals surface area contributed by atoms with Gasteiger partial charge in [-0.3, -0.25) is 9.48 Å². The number of ether oxygens (including phenoxy) is 1. The molecule has 0 radical (unpaired) electrons. The van der Waals surface area contributed by atoms with Gasteiger partial charge in [-0.1, -0.05) is 11.2 Å².